The van der Waals surface area contributed by atoms with Gasteiger partial charge in [0, 0.05) is 32.2 Å². The minimum Gasteiger partial charge on any atom is -0.465 e. The van der Waals surface area contributed by atoms with Gasteiger partial charge in [0.1, 0.15) is 5.69 Å². The third-order valence-corrected chi connectivity index (χ3v) is 3.26. The molecular formula is C11H12N4O6. The van der Waals surface area contributed by atoms with Crippen LogP contribution in [-0.2, 0) is 0 Å². The van der Waals surface area contributed by atoms with Crippen molar-refractivity contribution in [3.63, 3.8) is 0 Å². The van der Waals surface area contributed by atoms with E-state index in [1.54, 1.807) is 4.90 Å². The normalized spacial score (nSPS) is 14.9. The molecule has 0 saturated carbocycles. The number of anilines is 1. The van der Waals surface area contributed by atoms with Crippen LogP contribution in [0.5, 0.6) is 0 Å². The molecule has 1 aliphatic heterocycles. The first-order valence-electron chi connectivity index (χ1n) is 6.06. The number of hydrogen-bond acceptors (Lipinski definition) is 6. The number of carboxylic acid groups (broad SMARTS) is 1. The van der Waals surface area contributed by atoms with Crippen molar-refractivity contribution in [1.82, 2.24) is 4.90 Å². The molecule has 1 fully saturated rings. The quantitative estimate of drug-likeness (QED) is 0.657. The van der Waals surface area contributed by atoms with Crippen LogP contribution in [0.15, 0.2) is 18.2 Å². The van der Waals surface area contributed by atoms with Crippen molar-refractivity contribution in [3.8, 4) is 0 Å². The lowest BCUT2D eigenvalue weighted by atomic mass is 10.2. The van der Waals surface area contributed by atoms with E-state index in [4.69, 9.17) is 5.11 Å². The molecule has 1 aromatic rings. The Kier molecular flexibility index (Phi) is 3.87. The Labute approximate surface area is 118 Å². The van der Waals surface area contributed by atoms with Crippen molar-refractivity contribution in [2.75, 3.05) is 31.1 Å². The van der Waals surface area contributed by atoms with Crippen molar-refractivity contribution in [1.29, 1.82) is 0 Å². The van der Waals surface area contributed by atoms with E-state index in [1.807, 2.05) is 0 Å². The van der Waals surface area contributed by atoms with Gasteiger partial charge in [0.15, 0.2) is 0 Å². The molecule has 2 rings (SSSR count). The van der Waals surface area contributed by atoms with Gasteiger partial charge in [-0.05, 0) is 6.07 Å². The van der Waals surface area contributed by atoms with Gasteiger partial charge in [-0.15, -0.1) is 0 Å². The van der Waals surface area contributed by atoms with Crippen LogP contribution in [0.3, 0.4) is 0 Å². The Bertz CT molecular complexity index is 596. The van der Waals surface area contributed by atoms with Gasteiger partial charge in [0.05, 0.1) is 9.85 Å². The summed E-state index contributed by atoms with van der Waals surface area (Å²) < 4.78 is 0. The molecule has 10 heteroatoms. The van der Waals surface area contributed by atoms with Crippen molar-refractivity contribution in [3.05, 3.63) is 38.4 Å². The van der Waals surface area contributed by atoms with Crippen LogP contribution in [0.1, 0.15) is 0 Å². The summed E-state index contributed by atoms with van der Waals surface area (Å²) in [5.41, 5.74) is -0.997. The van der Waals surface area contributed by atoms with E-state index in [-0.39, 0.29) is 31.9 Å². The lowest BCUT2D eigenvalue weighted by Crippen LogP contribution is -2.48. The zero-order chi connectivity index (χ0) is 15.6. The topological polar surface area (TPSA) is 130 Å². The maximum atomic E-state index is 11.1. The first-order chi connectivity index (χ1) is 9.91. The molecule has 1 heterocycles. The Hall–Kier alpha value is -2.91. The summed E-state index contributed by atoms with van der Waals surface area (Å²) in [5.74, 6) is 0. The maximum Gasteiger partial charge on any atom is 0.407 e. The highest BCUT2D eigenvalue weighted by Gasteiger charge is 2.32. The molecule has 0 radical (unpaired) electrons. The minimum atomic E-state index is -1.05. The number of para-hydroxylation sites is 1. The predicted octanol–water partition coefficient (Wildman–Crippen LogP) is 1.30. The Balaban J connectivity index is 2.33. The van der Waals surface area contributed by atoms with Crippen molar-refractivity contribution < 1.29 is 19.7 Å². The first kappa shape index (κ1) is 14.5. The number of carbonyl (C=O) groups is 1. The van der Waals surface area contributed by atoms with E-state index in [0.29, 0.717) is 0 Å². The smallest absolute Gasteiger partial charge is 0.407 e. The number of nitro groups is 2. The number of amides is 1. The van der Waals surface area contributed by atoms with Crippen LogP contribution in [0, 0.1) is 20.2 Å². The number of hydrogen-bond donors (Lipinski definition) is 1. The molecule has 0 atom stereocenters. The van der Waals surface area contributed by atoms with Gasteiger partial charge in [0.2, 0.25) is 0 Å². The molecule has 0 aromatic heterocycles. The molecule has 1 aliphatic rings. The Morgan fingerprint density at radius 3 is 2.19 bits per heavy atom. The second kappa shape index (κ2) is 5.61. The molecule has 0 aliphatic carbocycles. The molecular weight excluding hydrogens is 284 g/mol. The van der Waals surface area contributed by atoms with Gasteiger partial charge in [0.25, 0.3) is 0 Å². The molecule has 21 heavy (non-hydrogen) atoms. The molecule has 1 N–H and O–H groups in total. The average Bonchev–Trinajstić information content (AvgIpc) is 2.46. The van der Waals surface area contributed by atoms with E-state index < -0.39 is 27.3 Å². The second-order valence-electron chi connectivity index (χ2n) is 4.42. The van der Waals surface area contributed by atoms with E-state index in [2.05, 4.69) is 0 Å². The van der Waals surface area contributed by atoms with Gasteiger partial charge in [-0.2, -0.15) is 0 Å². The molecule has 0 bridgehead atoms. The summed E-state index contributed by atoms with van der Waals surface area (Å²) in [4.78, 5) is 34.1. The fraction of sp³-hybridized carbons (Fsp3) is 0.364. The van der Waals surface area contributed by atoms with Crippen molar-refractivity contribution in [2.24, 2.45) is 0 Å². The lowest BCUT2D eigenvalue weighted by molar-refractivity contribution is -0.422. The van der Waals surface area contributed by atoms with Crippen LogP contribution < -0.4 is 4.90 Å². The zero-order valence-corrected chi connectivity index (χ0v) is 10.8. The summed E-state index contributed by atoms with van der Waals surface area (Å²) in [6.45, 7) is 0.868. The van der Waals surface area contributed by atoms with E-state index in [9.17, 15) is 25.0 Å². The Morgan fingerprint density at radius 2 is 1.71 bits per heavy atom. The largest absolute Gasteiger partial charge is 0.465 e. The number of benzene rings is 1. The number of piperazine rings is 1. The summed E-state index contributed by atoms with van der Waals surface area (Å²) in [5, 5.41) is 30.9. The third-order valence-electron chi connectivity index (χ3n) is 3.26. The van der Waals surface area contributed by atoms with Crippen LogP contribution in [0.4, 0.5) is 21.9 Å². The maximum absolute atomic E-state index is 11.1. The number of nitrogens with zero attached hydrogens (tertiary/aromatic N) is 4. The minimum absolute atomic E-state index is 0.138. The highest BCUT2D eigenvalue weighted by atomic mass is 16.6. The number of rotatable bonds is 3. The molecule has 0 unspecified atom stereocenters. The van der Waals surface area contributed by atoms with Gasteiger partial charge in [-0.1, -0.05) is 6.07 Å². The van der Waals surface area contributed by atoms with Crippen LogP contribution in [0.25, 0.3) is 0 Å². The highest BCUT2D eigenvalue weighted by Crippen LogP contribution is 2.37. The number of nitro benzene ring substituents is 2. The lowest BCUT2D eigenvalue weighted by Gasteiger charge is -2.34. The van der Waals surface area contributed by atoms with Gasteiger partial charge < -0.3 is 14.9 Å². The zero-order valence-electron chi connectivity index (χ0n) is 10.8. The highest BCUT2D eigenvalue weighted by molar-refractivity contribution is 5.73. The molecule has 1 saturated heterocycles. The van der Waals surface area contributed by atoms with E-state index in [1.165, 1.54) is 17.0 Å². The predicted molar refractivity (Wildman–Crippen MR) is 71.6 cm³/mol. The average molecular weight is 296 g/mol. The standard InChI is InChI=1S/C11H12N4O6/c16-11(17)13-6-4-12(5-7-13)8-2-1-3-9(14(18)19)10(8)15(20)21/h1-3H,4-7H2,(H,16,17). The molecule has 1 amide bonds. The summed E-state index contributed by atoms with van der Waals surface area (Å²) in [6, 6.07) is 3.89. The molecule has 112 valence electrons. The van der Waals surface area contributed by atoms with Crippen molar-refractivity contribution in [2.45, 2.75) is 0 Å². The van der Waals surface area contributed by atoms with Crippen LogP contribution in [-0.4, -0.2) is 52.1 Å². The Morgan fingerprint density at radius 1 is 1.10 bits per heavy atom. The van der Waals surface area contributed by atoms with Gasteiger partial charge in [-0.3, -0.25) is 20.2 Å². The van der Waals surface area contributed by atoms with E-state index in [0.717, 1.165) is 6.07 Å². The SMILES string of the molecule is O=C(O)N1CCN(c2cccc([N+](=O)[O-])c2[N+](=O)[O-])CC1. The first-order valence-corrected chi connectivity index (χ1v) is 6.06. The molecule has 0 spiro atoms. The van der Waals surface area contributed by atoms with Crippen LogP contribution in [0.2, 0.25) is 0 Å². The van der Waals surface area contributed by atoms with Gasteiger partial charge in [-0.25, -0.2) is 4.79 Å². The van der Waals surface area contributed by atoms with Crippen LogP contribution >= 0.6 is 0 Å². The summed E-state index contributed by atoms with van der Waals surface area (Å²) >= 11 is 0. The monoisotopic (exact) mass is 296 g/mol. The fourth-order valence-corrected chi connectivity index (χ4v) is 2.25. The van der Waals surface area contributed by atoms with Crippen molar-refractivity contribution >= 4 is 23.2 Å². The summed E-state index contributed by atoms with van der Waals surface area (Å²) in [6.07, 6.45) is -1.05. The fourth-order valence-electron chi connectivity index (χ4n) is 2.25. The van der Waals surface area contributed by atoms with Gasteiger partial charge >= 0.3 is 17.5 Å². The molecule has 10 nitrogen and oxygen atoms in total. The molecule has 1 aromatic carbocycles. The third kappa shape index (κ3) is 2.83. The van der Waals surface area contributed by atoms with E-state index >= 15 is 0 Å². The second-order valence-corrected chi connectivity index (χ2v) is 4.42. The summed E-state index contributed by atoms with van der Waals surface area (Å²) in [7, 11) is 0.